The fourth-order valence-corrected chi connectivity index (χ4v) is 7.71. The lowest BCUT2D eigenvalue weighted by Gasteiger charge is -2.50. The Morgan fingerprint density at radius 1 is 0.639 bits per heavy atom. The number of hydrogen-bond acceptors (Lipinski definition) is 9. The van der Waals surface area contributed by atoms with Crippen LogP contribution in [0, 0.1) is 0 Å². The molecule has 9 nitrogen and oxygen atoms in total. The fraction of sp³-hybridized carbons (Fsp3) is 0.960. The molecule has 36 heavy (non-hydrogen) atoms. The molecule has 6 fully saturated rings. The fourth-order valence-electron chi connectivity index (χ4n) is 7.20. The molecule has 4 atom stereocenters. The third-order valence-corrected chi connectivity index (χ3v) is 9.74. The first-order chi connectivity index (χ1) is 17.5. The molecule has 11 heteroatoms. The Kier molecular flexibility index (Phi) is 7.87. The van der Waals surface area contributed by atoms with Gasteiger partial charge >= 0.3 is 0 Å². The van der Waals surface area contributed by atoms with Gasteiger partial charge in [-0.3, -0.25) is 24.4 Å². The zero-order chi connectivity index (χ0) is 24.8. The molecule has 6 aliphatic rings. The molecule has 2 aliphatic carbocycles. The number of halogens is 2. The normalized spacial score (nSPS) is 35.7. The average molecular weight is 548 g/mol. The Morgan fingerprint density at radius 3 is 1.36 bits per heavy atom. The molecule has 0 radical (unpaired) electrons. The minimum atomic E-state index is -0.324. The first-order valence-electron chi connectivity index (χ1n) is 13.7. The molecule has 204 valence electrons. The molecule has 0 N–H and O–H groups in total. The van der Waals surface area contributed by atoms with Crippen molar-refractivity contribution in [3.05, 3.63) is 0 Å². The van der Waals surface area contributed by atoms with Gasteiger partial charge in [0.05, 0.1) is 51.7 Å². The molecule has 0 spiro atoms. The summed E-state index contributed by atoms with van der Waals surface area (Å²) < 4.78 is 22.8. The van der Waals surface area contributed by atoms with E-state index in [1.807, 2.05) is 0 Å². The van der Waals surface area contributed by atoms with Crippen LogP contribution in [0.1, 0.15) is 25.7 Å². The van der Waals surface area contributed by atoms with Crippen LogP contribution < -0.4 is 0 Å². The predicted octanol–water partition coefficient (Wildman–Crippen LogP) is 0.817. The van der Waals surface area contributed by atoms with Gasteiger partial charge in [0.15, 0.2) is 5.78 Å². The van der Waals surface area contributed by atoms with E-state index in [1.54, 1.807) is 0 Å². The summed E-state index contributed by atoms with van der Waals surface area (Å²) in [7, 11) is 0. The lowest BCUT2D eigenvalue weighted by Crippen LogP contribution is -2.69. The number of morpholine rings is 4. The molecular weight excluding hydrogens is 507 g/mol. The van der Waals surface area contributed by atoms with Crippen molar-refractivity contribution in [1.82, 2.24) is 19.6 Å². The highest BCUT2D eigenvalue weighted by Gasteiger charge is 2.65. The van der Waals surface area contributed by atoms with Crippen molar-refractivity contribution in [1.29, 1.82) is 0 Å². The quantitative estimate of drug-likeness (QED) is 0.411. The summed E-state index contributed by atoms with van der Waals surface area (Å²) in [4.78, 5) is 24.9. The van der Waals surface area contributed by atoms with E-state index >= 15 is 4.79 Å². The van der Waals surface area contributed by atoms with Crippen molar-refractivity contribution >= 4 is 29.0 Å². The van der Waals surface area contributed by atoms with E-state index in [0.717, 1.165) is 65.0 Å². The highest BCUT2D eigenvalue weighted by Crippen LogP contribution is 2.52. The van der Waals surface area contributed by atoms with Gasteiger partial charge in [-0.2, -0.15) is 0 Å². The highest BCUT2D eigenvalue weighted by molar-refractivity contribution is 6.20. The van der Waals surface area contributed by atoms with Gasteiger partial charge in [0, 0.05) is 63.4 Å². The number of nitrogens with zero attached hydrogens (tertiary/aromatic N) is 4. The summed E-state index contributed by atoms with van der Waals surface area (Å²) in [5.74, 6) is 0.365. The van der Waals surface area contributed by atoms with E-state index in [-0.39, 0.29) is 34.3 Å². The molecule has 2 saturated carbocycles. The van der Waals surface area contributed by atoms with Crippen LogP contribution in [0.4, 0.5) is 0 Å². The maximum absolute atomic E-state index is 15.1. The SMILES string of the molecule is O=C(C(N1CCOCC1)C1(N2CCOC(Cl)C2)CC1)C(N1CCOCC1)C1(N2CCOC(Cl)C2)CC1. The monoisotopic (exact) mass is 546 g/mol. The van der Waals surface area contributed by atoms with Crippen LogP contribution in [0.5, 0.6) is 0 Å². The maximum Gasteiger partial charge on any atom is 0.170 e. The molecular formula is C25H40Cl2N4O5. The molecule has 4 heterocycles. The number of ether oxygens (including phenoxy) is 4. The first kappa shape index (κ1) is 26.2. The van der Waals surface area contributed by atoms with Crippen molar-refractivity contribution in [3.8, 4) is 0 Å². The summed E-state index contributed by atoms with van der Waals surface area (Å²) in [6.07, 6.45) is 4.09. The number of Topliss-reactive ketones (excluding diaryl/α,β-unsaturated/α-hetero) is 1. The predicted molar refractivity (Wildman–Crippen MR) is 136 cm³/mol. The lowest BCUT2D eigenvalue weighted by molar-refractivity contribution is -0.145. The van der Waals surface area contributed by atoms with E-state index < -0.39 is 0 Å². The van der Waals surface area contributed by atoms with E-state index in [2.05, 4.69) is 19.6 Å². The van der Waals surface area contributed by atoms with E-state index in [1.165, 1.54) is 0 Å². The summed E-state index contributed by atoms with van der Waals surface area (Å²) in [5, 5.41) is 0. The summed E-state index contributed by atoms with van der Waals surface area (Å²) in [6, 6.07) is -0.358. The molecule has 0 bridgehead atoms. The second-order valence-corrected chi connectivity index (χ2v) is 12.1. The molecule has 0 aromatic rings. The Morgan fingerprint density at radius 2 is 1.03 bits per heavy atom. The number of carbonyl (C=O) groups is 1. The number of alkyl halides is 2. The minimum absolute atomic E-state index is 0.175. The molecule has 0 amide bonds. The van der Waals surface area contributed by atoms with Crippen LogP contribution in [0.25, 0.3) is 0 Å². The van der Waals surface area contributed by atoms with Crippen LogP contribution in [-0.4, -0.2) is 152 Å². The van der Waals surface area contributed by atoms with Gasteiger partial charge in [-0.25, -0.2) is 0 Å². The maximum atomic E-state index is 15.1. The van der Waals surface area contributed by atoms with Crippen LogP contribution >= 0.6 is 23.2 Å². The Hall–Kier alpha value is -0.0700. The highest BCUT2D eigenvalue weighted by atomic mass is 35.5. The number of carbonyl (C=O) groups excluding carboxylic acids is 1. The van der Waals surface area contributed by atoms with Crippen LogP contribution in [0.3, 0.4) is 0 Å². The van der Waals surface area contributed by atoms with Gasteiger partial charge in [-0.05, 0) is 25.7 Å². The van der Waals surface area contributed by atoms with Gasteiger partial charge in [0.1, 0.15) is 11.1 Å². The number of hydrogen-bond donors (Lipinski definition) is 0. The molecule has 0 aromatic carbocycles. The standard InChI is InChI=1S/C25H40Cl2N4O5/c26-19-17-30(9-15-35-19)24(1-2-24)22(28-5-11-33-12-6-28)21(32)23(29-7-13-34-14-8-29)25(3-4-25)31-10-16-36-20(27)18-31/h19-20,22-23H,1-18H2. The van der Waals surface area contributed by atoms with Gasteiger partial charge in [0.2, 0.25) is 0 Å². The largest absolute Gasteiger partial charge is 0.379 e. The smallest absolute Gasteiger partial charge is 0.170 e. The van der Waals surface area contributed by atoms with Crippen LogP contribution in [0.15, 0.2) is 0 Å². The Balaban J connectivity index is 1.35. The van der Waals surface area contributed by atoms with Crippen molar-refractivity contribution in [2.24, 2.45) is 0 Å². The lowest BCUT2D eigenvalue weighted by atomic mass is 9.86. The summed E-state index contributed by atoms with van der Waals surface area (Å²) in [5.41, 5.74) is -0.996. The zero-order valence-corrected chi connectivity index (χ0v) is 22.6. The van der Waals surface area contributed by atoms with Crippen molar-refractivity contribution in [3.63, 3.8) is 0 Å². The van der Waals surface area contributed by atoms with Gasteiger partial charge in [0.25, 0.3) is 0 Å². The topological polar surface area (TPSA) is 67.0 Å². The third-order valence-electron chi connectivity index (χ3n) is 9.21. The van der Waals surface area contributed by atoms with Crippen LogP contribution in [-0.2, 0) is 23.7 Å². The van der Waals surface area contributed by atoms with Gasteiger partial charge in [-0.1, -0.05) is 23.2 Å². The van der Waals surface area contributed by atoms with E-state index in [9.17, 15) is 0 Å². The summed E-state index contributed by atoms with van der Waals surface area (Å²) >= 11 is 12.9. The zero-order valence-electron chi connectivity index (χ0n) is 21.1. The third kappa shape index (κ3) is 4.98. The van der Waals surface area contributed by atoms with E-state index in [0.29, 0.717) is 58.5 Å². The van der Waals surface area contributed by atoms with Gasteiger partial charge in [-0.15, -0.1) is 0 Å². The molecule has 4 aliphatic heterocycles. The van der Waals surface area contributed by atoms with E-state index in [4.69, 9.17) is 42.1 Å². The van der Waals surface area contributed by atoms with Crippen molar-refractivity contribution in [2.75, 3.05) is 92.0 Å². The second kappa shape index (κ2) is 10.8. The Labute approximate surface area is 224 Å². The van der Waals surface area contributed by atoms with Crippen molar-refractivity contribution < 1.29 is 23.7 Å². The molecule has 0 aromatic heterocycles. The second-order valence-electron chi connectivity index (χ2n) is 11.2. The van der Waals surface area contributed by atoms with Crippen molar-refractivity contribution in [2.45, 2.75) is 60.0 Å². The van der Waals surface area contributed by atoms with Gasteiger partial charge < -0.3 is 18.9 Å². The average Bonchev–Trinajstić information content (AvgIpc) is 3.83. The summed E-state index contributed by atoms with van der Waals surface area (Å²) in [6.45, 7) is 10.0. The minimum Gasteiger partial charge on any atom is -0.379 e. The Bertz CT molecular complexity index is 726. The molecule has 6 rings (SSSR count). The van der Waals surface area contributed by atoms with Crippen LogP contribution in [0.2, 0.25) is 0 Å². The number of rotatable bonds is 8. The molecule has 4 unspecified atom stereocenters. The first-order valence-corrected chi connectivity index (χ1v) is 14.6. The number of ketones is 1. The molecule has 4 saturated heterocycles.